The van der Waals surface area contributed by atoms with Crippen LogP contribution in [0.2, 0.25) is 0 Å². The molecule has 0 aromatic carbocycles. The minimum Gasteiger partial charge on any atom is -0.492 e. The van der Waals surface area contributed by atoms with E-state index in [4.69, 9.17) is 5.73 Å². The van der Waals surface area contributed by atoms with Gasteiger partial charge in [-0.2, -0.15) is 0 Å². The lowest BCUT2D eigenvalue weighted by Crippen LogP contribution is -1.99. The van der Waals surface area contributed by atoms with E-state index >= 15 is 0 Å². The molecule has 1 aromatic rings. The molecule has 2 N–H and O–H groups in total. The number of nitrogens with zero attached hydrogens (tertiary/aromatic N) is 1. The van der Waals surface area contributed by atoms with Gasteiger partial charge in [-0.15, -0.1) is 0 Å². The molecule has 0 aliphatic carbocycles. The summed E-state index contributed by atoms with van der Waals surface area (Å²) < 4.78 is 29.1. The average molecular weight is 174 g/mol. The molecule has 0 radical (unpaired) electrons. The third kappa shape index (κ3) is 1.44. The second-order valence-electron chi connectivity index (χ2n) is 2.12. The van der Waals surface area contributed by atoms with Crippen molar-refractivity contribution in [3.63, 3.8) is 0 Å². The van der Waals surface area contributed by atoms with Crippen LogP contribution < -0.4 is 10.5 Å². The van der Waals surface area contributed by atoms with Crippen molar-refractivity contribution in [3.05, 3.63) is 17.8 Å². The molecule has 1 rings (SSSR count). The number of ether oxygens (including phenoxy) is 1. The fourth-order valence-corrected chi connectivity index (χ4v) is 0.874. The predicted molar refractivity (Wildman–Crippen MR) is 40.2 cm³/mol. The van der Waals surface area contributed by atoms with Gasteiger partial charge in [0.2, 0.25) is 0 Å². The van der Waals surface area contributed by atoms with Crippen molar-refractivity contribution < 1.29 is 13.5 Å². The highest BCUT2D eigenvalue weighted by Crippen LogP contribution is 2.31. The largest absolute Gasteiger partial charge is 0.492 e. The monoisotopic (exact) mass is 174 g/mol. The fraction of sp³-hybridized carbons (Fsp3) is 0.286. The van der Waals surface area contributed by atoms with Gasteiger partial charge in [0.25, 0.3) is 6.43 Å². The molecule has 3 nitrogen and oxygen atoms in total. The molecule has 0 aliphatic rings. The first-order valence-electron chi connectivity index (χ1n) is 3.23. The normalized spacial score (nSPS) is 10.3. The van der Waals surface area contributed by atoms with Gasteiger partial charge < -0.3 is 10.5 Å². The minimum absolute atomic E-state index is 0.0182. The number of anilines is 1. The lowest BCUT2D eigenvalue weighted by atomic mass is 10.2. The number of halogens is 2. The standard InChI is InChI=1S/C7H8F2N2O/c1-12-5-4(6(8)9)2-3-11-7(5)10/h2-3,6H,1H3,(H2,10,11). The minimum atomic E-state index is -2.59. The summed E-state index contributed by atoms with van der Waals surface area (Å²) in [5, 5.41) is 0. The van der Waals surface area contributed by atoms with Gasteiger partial charge in [0.15, 0.2) is 11.6 Å². The maximum absolute atomic E-state index is 12.2. The van der Waals surface area contributed by atoms with E-state index in [0.717, 1.165) is 0 Å². The van der Waals surface area contributed by atoms with E-state index in [2.05, 4.69) is 9.72 Å². The number of alkyl halides is 2. The Kier molecular flexibility index (Phi) is 2.42. The highest BCUT2D eigenvalue weighted by Gasteiger charge is 2.15. The number of pyridine rings is 1. The van der Waals surface area contributed by atoms with E-state index in [1.54, 1.807) is 0 Å². The van der Waals surface area contributed by atoms with Crippen molar-refractivity contribution in [1.82, 2.24) is 4.98 Å². The van der Waals surface area contributed by atoms with Gasteiger partial charge in [-0.3, -0.25) is 0 Å². The maximum atomic E-state index is 12.2. The first-order chi connectivity index (χ1) is 5.66. The van der Waals surface area contributed by atoms with Crippen LogP contribution in [0.25, 0.3) is 0 Å². The molecule has 0 atom stereocenters. The average Bonchev–Trinajstić information content (AvgIpc) is 2.03. The van der Waals surface area contributed by atoms with Crippen molar-refractivity contribution in [2.45, 2.75) is 6.43 Å². The molecule has 0 fully saturated rings. The SMILES string of the molecule is COc1c(C(F)F)ccnc1N. The highest BCUT2D eigenvalue weighted by atomic mass is 19.3. The van der Waals surface area contributed by atoms with Crippen molar-refractivity contribution in [2.24, 2.45) is 0 Å². The van der Waals surface area contributed by atoms with Crippen LogP contribution >= 0.6 is 0 Å². The molecule has 5 heteroatoms. The summed E-state index contributed by atoms with van der Waals surface area (Å²) in [5.74, 6) is -0.0669. The van der Waals surface area contributed by atoms with Gasteiger partial charge in [-0.1, -0.05) is 0 Å². The Hall–Kier alpha value is -1.39. The van der Waals surface area contributed by atoms with Crippen LogP contribution in [0.15, 0.2) is 12.3 Å². The molecule has 66 valence electrons. The molecular formula is C7H8F2N2O. The van der Waals surface area contributed by atoms with Crippen LogP contribution in [0, 0.1) is 0 Å². The van der Waals surface area contributed by atoms with Gasteiger partial charge >= 0.3 is 0 Å². The lowest BCUT2D eigenvalue weighted by Gasteiger charge is -2.08. The quantitative estimate of drug-likeness (QED) is 0.740. The summed E-state index contributed by atoms with van der Waals surface area (Å²) in [6, 6.07) is 1.18. The Bertz CT molecular complexity index is 278. The smallest absolute Gasteiger partial charge is 0.267 e. The molecule has 0 saturated heterocycles. The van der Waals surface area contributed by atoms with Crippen LogP contribution in [0.5, 0.6) is 5.75 Å². The number of rotatable bonds is 2. The molecule has 12 heavy (non-hydrogen) atoms. The van der Waals surface area contributed by atoms with E-state index in [9.17, 15) is 8.78 Å². The molecule has 1 aromatic heterocycles. The Morgan fingerprint density at radius 1 is 1.58 bits per heavy atom. The molecule has 0 unspecified atom stereocenters. The zero-order valence-electron chi connectivity index (χ0n) is 6.42. The van der Waals surface area contributed by atoms with Crippen LogP contribution in [0.1, 0.15) is 12.0 Å². The number of methoxy groups -OCH3 is 1. The van der Waals surface area contributed by atoms with Crippen LogP contribution in [0.3, 0.4) is 0 Å². The molecule has 0 saturated carbocycles. The topological polar surface area (TPSA) is 48.1 Å². The number of hydrogen-bond donors (Lipinski definition) is 1. The number of nitrogen functional groups attached to an aromatic ring is 1. The maximum Gasteiger partial charge on any atom is 0.267 e. The Balaban J connectivity index is 3.18. The molecule has 0 amide bonds. The lowest BCUT2D eigenvalue weighted by molar-refractivity contribution is 0.147. The third-order valence-electron chi connectivity index (χ3n) is 1.40. The molecule has 0 aliphatic heterocycles. The summed E-state index contributed by atoms with van der Waals surface area (Å²) in [4.78, 5) is 3.61. The Morgan fingerprint density at radius 3 is 2.67 bits per heavy atom. The molecule has 0 bridgehead atoms. The fourth-order valence-electron chi connectivity index (χ4n) is 0.874. The Labute approximate surface area is 68.2 Å². The number of hydrogen-bond acceptors (Lipinski definition) is 3. The summed E-state index contributed by atoms with van der Waals surface area (Å²) >= 11 is 0. The van der Waals surface area contributed by atoms with Gasteiger partial charge in [0.1, 0.15) is 0 Å². The van der Waals surface area contributed by atoms with Gasteiger partial charge in [-0.25, -0.2) is 13.8 Å². The first-order valence-corrected chi connectivity index (χ1v) is 3.23. The first kappa shape index (κ1) is 8.70. The summed E-state index contributed by atoms with van der Waals surface area (Å²) in [5.41, 5.74) is 5.07. The third-order valence-corrected chi connectivity index (χ3v) is 1.40. The predicted octanol–water partition coefficient (Wildman–Crippen LogP) is 1.61. The van der Waals surface area contributed by atoms with Crippen molar-refractivity contribution in [2.75, 3.05) is 12.8 Å². The summed E-state index contributed by atoms with van der Waals surface area (Å²) in [7, 11) is 1.28. The highest BCUT2D eigenvalue weighted by molar-refractivity contribution is 5.51. The molecular weight excluding hydrogens is 166 g/mol. The zero-order valence-corrected chi connectivity index (χ0v) is 6.42. The van der Waals surface area contributed by atoms with E-state index in [1.165, 1.54) is 19.4 Å². The number of nitrogens with two attached hydrogens (primary N) is 1. The molecule has 0 spiro atoms. The van der Waals surface area contributed by atoms with Crippen molar-refractivity contribution in [1.29, 1.82) is 0 Å². The zero-order chi connectivity index (χ0) is 9.14. The summed E-state index contributed by atoms with van der Waals surface area (Å²) in [6.45, 7) is 0. The van der Waals surface area contributed by atoms with Gasteiger partial charge in [0.05, 0.1) is 12.7 Å². The summed E-state index contributed by atoms with van der Waals surface area (Å²) in [6.07, 6.45) is -1.37. The second kappa shape index (κ2) is 3.34. The second-order valence-corrected chi connectivity index (χ2v) is 2.12. The van der Waals surface area contributed by atoms with Gasteiger partial charge in [0, 0.05) is 6.20 Å². The molecule has 1 heterocycles. The van der Waals surface area contributed by atoms with E-state index in [0.29, 0.717) is 0 Å². The Morgan fingerprint density at radius 2 is 2.25 bits per heavy atom. The van der Waals surface area contributed by atoms with Crippen molar-refractivity contribution in [3.8, 4) is 5.75 Å². The van der Waals surface area contributed by atoms with E-state index < -0.39 is 6.43 Å². The van der Waals surface area contributed by atoms with E-state index in [-0.39, 0.29) is 17.1 Å². The van der Waals surface area contributed by atoms with Gasteiger partial charge in [-0.05, 0) is 6.07 Å². The van der Waals surface area contributed by atoms with E-state index in [1.807, 2.05) is 0 Å². The van der Waals surface area contributed by atoms with Crippen molar-refractivity contribution >= 4 is 5.82 Å². The number of aromatic nitrogens is 1. The van der Waals surface area contributed by atoms with Crippen LogP contribution in [-0.4, -0.2) is 12.1 Å². The van der Waals surface area contributed by atoms with Crippen LogP contribution in [-0.2, 0) is 0 Å². The van der Waals surface area contributed by atoms with Crippen LogP contribution in [0.4, 0.5) is 14.6 Å².